The summed E-state index contributed by atoms with van der Waals surface area (Å²) in [6.07, 6.45) is 1.32. The third kappa shape index (κ3) is 5.26. The lowest BCUT2D eigenvalue weighted by molar-refractivity contribution is -0.117. The fourth-order valence-corrected chi connectivity index (χ4v) is 4.30. The molecule has 2 aliphatic heterocycles. The summed E-state index contributed by atoms with van der Waals surface area (Å²) in [5.74, 6) is -0.132. The van der Waals surface area contributed by atoms with Crippen molar-refractivity contribution in [2.45, 2.75) is 25.8 Å². The average Bonchev–Trinajstić information content (AvgIpc) is 3.20. The fraction of sp³-hybridized carbons (Fsp3) is 0.417. The van der Waals surface area contributed by atoms with E-state index in [1.54, 1.807) is 23.1 Å². The van der Waals surface area contributed by atoms with Gasteiger partial charge in [0.1, 0.15) is 0 Å². The van der Waals surface area contributed by atoms with E-state index in [0.717, 1.165) is 25.1 Å². The van der Waals surface area contributed by atoms with Crippen LogP contribution in [0.15, 0.2) is 42.5 Å². The molecule has 0 radical (unpaired) electrons. The molecule has 1 N–H and O–H groups in total. The summed E-state index contributed by atoms with van der Waals surface area (Å²) in [7, 11) is 0. The molecule has 0 unspecified atom stereocenters. The van der Waals surface area contributed by atoms with Crippen molar-refractivity contribution in [2.24, 2.45) is 0 Å². The van der Waals surface area contributed by atoms with Gasteiger partial charge in [-0.1, -0.05) is 41.4 Å². The number of aryl methyl sites for hydroxylation is 1. The number of rotatable bonds is 6. The van der Waals surface area contributed by atoms with E-state index >= 15 is 0 Å². The van der Waals surface area contributed by atoms with Crippen molar-refractivity contribution in [1.82, 2.24) is 10.2 Å². The number of halogens is 1. The number of hydrogen-bond donors (Lipinski definition) is 1. The minimum Gasteiger partial charge on any atom is -0.379 e. The van der Waals surface area contributed by atoms with Crippen LogP contribution >= 0.6 is 11.6 Å². The van der Waals surface area contributed by atoms with Gasteiger partial charge in [0.15, 0.2) is 0 Å². The molecular formula is C24H28ClN3O3. The van der Waals surface area contributed by atoms with Crippen molar-refractivity contribution >= 4 is 29.1 Å². The maximum absolute atomic E-state index is 13.2. The minimum absolute atomic E-state index is 0.0457. The zero-order chi connectivity index (χ0) is 21.8. The lowest BCUT2D eigenvalue weighted by atomic mass is 10.0. The highest BCUT2D eigenvalue weighted by atomic mass is 35.5. The van der Waals surface area contributed by atoms with Gasteiger partial charge in [0.2, 0.25) is 5.91 Å². The van der Waals surface area contributed by atoms with Crippen LogP contribution in [-0.2, 0) is 9.53 Å². The highest BCUT2D eigenvalue weighted by Crippen LogP contribution is 2.30. The van der Waals surface area contributed by atoms with Crippen LogP contribution in [0, 0.1) is 6.92 Å². The SMILES string of the molecule is Cc1ccc([C@@H](CN2CCOCC2)NC(=O)c2ccc(Cl)c(N3CCCC3=O)c2)cc1. The Labute approximate surface area is 188 Å². The summed E-state index contributed by atoms with van der Waals surface area (Å²) < 4.78 is 5.46. The second-order valence-corrected chi connectivity index (χ2v) is 8.57. The van der Waals surface area contributed by atoms with Crippen molar-refractivity contribution < 1.29 is 14.3 Å². The Balaban J connectivity index is 1.55. The van der Waals surface area contributed by atoms with E-state index in [1.807, 2.05) is 6.92 Å². The summed E-state index contributed by atoms with van der Waals surface area (Å²) in [6.45, 7) is 6.50. The molecule has 4 rings (SSSR count). The van der Waals surface area contributed by atoms with Crippen LogP contribution in [0.3, 0.4) is 0 Å². The standard InChI is InChI=1S/C24H28ClN3O3/c1-17-4-6-18(7-5-17)21(16-27-11-13-31-14-12-27)26-24(30)19-8-9-20(25)22(15-19)28-10-2-3-23(28)29/h4-9,15,21H,2-3,10-14,16H2,1H3,(H,26,30)/t21-/m1/s1. The smallest absolute Gasteiger partial charge is 0.251 e. The highest BCUT2D eigenvalue weighted by Gasteiger charge is 2.25. The predicted octanol–water partition coefficient (Wildman–Crippen LogP) is 3.58. The number of carbonyl (C=O) groups excluding carboxylic acids is 2. The third-order valence-corrected chi connectivity index (χ3v) is 6.22. The van der Waals surface area contributed by atoms with Gasteiger partial charge < -0.3 is 15.0 Å². The first-order valence-corrected chi connectivity index (χ1v) is 11.2. The molecule has 2 saturated heterocycles. The third-order valence-electron chi connectivity index (χ3n) is 5.90. The Kier molecular flexibility index (Phi) is 6.90. The molecule has 7 heteroatoms. The fourth-order valence-electron chi connectivity index (χ4n) is 4.08. The Hall–Kier alpha value is -2.41. The van der Waals surface area contributed by atoms with Crippen LogP contribution in [0.1, 0.15) is 40.4 Å². The molecule has 0 bridgehead atoms. The van der Waals surface area contributed by atoms with Gasteiger partial charge in [0.25, 0.3) is 5.91 Å². The van der Waals surface area contributed by atoms with E-state index in [1.165, 1.54) is 5.56 Å². The molecule has 6 nitrogen and oxygen atoms in total. The summed E-state index contributed by atoms with van der Waals surface area (Å²) >= 11 is 6.35. The van der Waals surface area contributed by atoms with Gasteiger partial charge in [0.05, 0.1) is 30.0 Å². The van der Waals surface area contributed by atoms with Crippen LogP contribution in [0.4, 0.5) is 5.69 Å². The van der Waals surface area contributed by atoms with E-state index in [4.69, 9.17) is 16.3 Å². The first-order chi connectivity index (χ1) is 15.0. The van der Waals surface area contributed by atoms with Gasteiger partial charge in [-0.2, -0.15) is 0 Å². The van der Waals surface area contributed by atoms with Gasteiger partial charge in [-0.25, -0.2) is 0 Å². The zero-order valence-electron chi connectivity index (χ0n) is 17.8. The summed E-state index contributed by atoms with van der Waals surface area (Å²) in [5.41, 5.74) is 3.35. The van der Waals surface area contributed by atoms with E-state index in [9.17, 15) is 9.59 Å². The summed E-state index contributed by atoms with van der Waals surface area (Å²) in [6, 6.07) is 13.2. The zero-order valence-corrected chi connectivity index (χ0v) is 18.5. The Morgan fingerprint density at radius 2 is 1.87 bits per heavy atom. The van der Waals surface area contributed by atoms with Crippen molar-refractivity contribution in [2.75, 3.05) is 44.3 Å². The number of nitrogens with one attached hydrogen (secondary N) is 1. The molecular weight excluding hydrogens is 414 g/mol. The highest BCUT2D eigenvalue weighted by molar-refractivity contribution is 6.34. The normalized spacial score (nSPS) is 18.3. The molecule has 0 aliphatic carbocycles. The second kappa shape index (κ2) is 9.81. The van der Waals surface area contributed by atoms with Gasteiger partial charge in [-0.3, -0.25) is 14.5 Å². The maximum atomic E-state index is 13.2. The Morgan fingerprint density at radius 3 is 2.55 bits per heavy atom. The Morgan fingerprint density at radius 1 is 1.13 bits per heavy atom. The van der Waals surface area contributed by atoms with E-state index in [2.05, 4.69) is 34.5 Å². The molecule has 2 aliphatic rings. The van der Waals surface area contributed by atoms with Gasteiger partial charge in [0, 0.05) is 38.2 Å². The molecule has 2 fully saturated rings. The minimum atomic E-state index is -0.177. The molecule has 0 spiro atoms. The molecule has 2 amide bonds. The summed E-state index contributed by atoms with van der Waals surface area (Å²) in [5, 5.41) is 3.68. The largest absolute Gasteiger partial charge is 0.379 e. The average molecular weight is 442 g/mol. The van der Waals surface area contributed by atoms with Crippen molar-refractivity contribution in [3.63, 3.8) is 0 Å². The number of nitrogens with zero attached hydrogens (tertiary/aromatic N) is 2. The van der Waals surface area contributed by atoms with E-state index in [-0.39, 0.29) is 17.9 Å². The maximum Gasteiger partial charge on any atom is 0.251 e. The molecule has 31 heavy (non-hydrogen) atoms. The molecule has 2 heterocycles. The number of anilines is 1. The van der Waals surface area contributed by atoms with Crippen LogP contribution in [0.25, 0.3) is 0 Å². The number of amides is 2. The monoisotopic (exact) mass is 441 g/mol. The first-order valence-electron chi connectivity index (χ1n) is 10.8. The number of carbonyl (C=O) groups is 2. The molecule has 2 aromatic carbocycles. The number of benzene rings is 2. The molecule has 0 aromatic heterocycles. The van der Waals surface area contributed by atoms with E-state index < -0.39 is 0 Å². The van der Waals surface area contributed by atoms with Crippen LogP contribution in [-0.4, -0.2) is 56.1 Å². The van der Waals surface area contributed by atoms with Crippen molar-refractivity contribution in [1.29, 1.82) is 0 Å². The first kappa shape index (κ1) is 21.8. The lowest BCUT2D eigenvalue weighted by Gasteiger charge is -2.31. The van der Waals surface area contributed by atoms with Gasteiger partial charge in [-0.15, -0.1) is 0 Å². The Bertz CT molecular complexity index is 942. The van der Waals surface area contributed by atoms with Crippen LogP contribution in [0.5, 0.6) is 0 Å². The topological polar surface area (TPSA) is 61.9 Å². The second-order valence-electron chi connectivity index (χ2n) is 8.16. The van der Waals surface area contributed by atoms with E-state index in [0.29, 0.717) is 49.0 Å². The van der Waals surface area contributed by atoms with Gasteiger partial charge in [-0.05, 0) is 37.1 Å². The van der Waals surface area contributed by atoms with Crippen molar-refractivity contribution in [3.05, 3.63) is 64.2 Å². The molecule has 1 atom stereocenters. The lowest BCUT2D eigenvalue weighted by Crippen LogP contribution is -2.43. The predicted molar refractivity (Wildman–Crippen MR) is 122 cm³/mol. The number of morpholine rings is 1. The van der Waals surface area contributed by atoms with Crippen molar-refractivity contribution in [3.8, 4) is 0 Å². The molecule has 2 aromatic rings. The molecule has 164 valence electrons. The molecule has 0 saturated carbocycles. The number of hydrogen-bond acceptors (Lipinski definition) is 4. The van der Waals surface area contributed by atoms with Gasteiger partial charge >= 0.3 is 0 Å². The quantitative estimate of drug-likeness (QED) is 0.744. The summed E-state index contributed by atoms with van der Waals surface area (Å²) in [4.78, 5) is 29.3. The number of ether oxygens (including phenoxy) is 1. The van der Waals surface area contributed by atoms with Crippen LogP contribution in [0.2, 0.25) is 5.02 Å². The van der Waals surface area contributed by atoms with Crippen LogP contribution < -0.4 is 10.2 Å².